The quantitative estimate of drug-likeness (QED) is 0.681. The molecule has 2 bridgehead atoms. The van der Waals surface area contributed by atoms with Gasteiger partial charge in [-0.1, -0.05) is 0 Å². The normalized spacial score (nSPS) is 21.8. The van der Waals surface area contributed by atoms with Crippen molar-refractivity contribution >= 4 is 11.6 Å². The lowest BCUT2D eigenvalue weighted by Crippen LogP contribution is -2.42. The molecule has 0 N–H and O–H groups in total. The summed E-state index contributed by atoms with van der Waals surface area (Å²) in [5.74, 6) is 0.0838. The van der Waals surface area contributed by atoms with Gasteiger partial charge >= 0.3 is 0 Å². The van der Waals surface area contributed by atoms with Crippen LogP contribution in [0.3, 0.4) is 0 Å². The van der Waals surface area contributed by atoms with Gasteiger partial charge in [-0.3, -0.25) is 9.48 Å². The molecule has 1 amide bonds. The minimum Gasteiger partial charge on any atom is -0.328 e. The minimum atomic E-state index is 0.0838. The van der Waals surface area contributed by atoms with Crippen molar-refractivity contribution in [2.24, 2.45) is 7.05 Å². The first-order valence-corrected chi connectivity index (χ1v) is 8.70. The summed E-state index contributed by atoms with van der Waals surface area (Å²) in [5.41, 5.74) is 5.69. The Morgan fingerprint density at radius 1 is 1.24 bits per heavy atom. The highest BCUT2D eigenvalue weighted by molar-refractivity contribution is 5.96. The molecule has 3 aromatic rings. The molecule has 2 aliphatic heterocycles. The van der Waals surface area contributed by atoms with Crippen molar-refractivity contribution in [3.63, 3.8) is 0 Å². The Bertz CT molecular complexity index is 1020. The second-order valence-corrected chi connectivity index (χ2v) is 7.18. The van der Waals surface area contributed by atoms with E-state index in [9.17, 15) is 4.79 Å². The molecule has 7 heteroatoms. The van der Waals surface area contributed by atoms with Crippen LogP contribution in [0.15, 0.2) is 18.5 Å². The third kappa shape index (κ3) is 1.98. The second-order valence-electron chi connectivity index (χ2n) is 7.18. The van der Waals surface area contributed by atoms with Crippen LogP contribution in [0.1, 0.15) is 51.9 Å². The van der Waals surface area contributed by atoms with Crippen LogP contribution in [0.25, 0.3) is 5.65 Å². The van der Waals surface area contributed by atoms with Gasteiger partial charge in [0.1, 0.15) is 0 Å². The number of nitrogens with zero attached hydrogens (tertiary/aromatic N) is 6. The van der Waals surface area contributed by atoms with Gasteiger partial charge in [-0.25, -0.2) is 9.50 Å². The molecular weight excluding hydrogens is 316 g/mol. The first-order valence-electron chi connectivity index (χ1n) is 8.70. The number of rotatable bonds is 1. The van der Waals surface area contributed by atoms with Crippen LogP contribution in [0, 0.1) is 13.8 Å². The molecule has 2 aliphatic rings. The van der Waals surface area contributed by atoms with Gasteiger partial charge in [-0.2, -0.15) is 10.2 Å². The van der Waals surface area contributed by atoms with Crippen LogP contribution in [0.5, 0.6) is 0 Å². The van der Waals surface area contributed by atoms with Crippen molar-refractivity contribution < 1.29 is 4.79 Å². The first kappa shape index (κ1) is 14.6. The molecule has 1 saturated heterocycles. The van der Waals surface area contributed by atoms with Gasteiger partial charge in [0.2, 0.25) is 0 Å². The van der Waals surface area contributed by atoms with Crippen LogP contribution in [-0.2, 0) is 13.5 Å². The summed E-state index contributed by atoms with van der Waals surface area (Å²) in [6.45, 7) is 3.88. The number of hydrogen-bond donors (Lipinski definition) is 0. The Hall–Kier alpha value is -2.70. The number of amides is 1. The lowest BCUT2D eigenvalue weighted by atomic mass is 9.98. The number of fused-ring (bicyclic) bond motifs is 6. The molecule has 1 fully saturated rings. The molecule has 0 spiro atoms. The van der Waals surface area contributed by atoms with Crippen molar-refractivity contribution in [2.75, 3.05) is 0 Å². The maximum absolute atomic E-state index is 13.2. The van der Waals surface area contributed by atoms with Gasteiger partial charge in [0.15, 0.2) is 5.65 Å². The Morgan fingerprint density at radius 3 is 2.84 bits per heavy atom. The van der Waals surface area contributed by atoms with Gasteiger partial charge in [0.25, 0.3) is 5.91 Å². The summed E-state index contributed by atoms with van der Waals surface area (Å²) in [5, 5.41) is 8.93. The molecule has 5 heterocycles. The highest BCUT2D eigenvalue weighted by Gasteiger charge is 2.44. The minimum absolute atomic E-state index is 0.0838. The zero-order chi connectivity index (χ0) is 17.3. The number of carbonyl (C=O) groups is 1. The van der Waals surface area contributed by atoms with Gasteiger partial charge < -0.3 is 4.90 Å². The standard InChI is InChI=1S/C18H20N6O/c1-10-6-17-19-8-13-15-5-4-12(7-16(13)24(17)20-10)23(15)18(25)14-9-22(3)21-11(14)2/h6,8-9,12,15H,4-5,7H2,1-3H3. The Morgan fingerprint density at radius 2 is 2.08 bits per heavy atom. The van der Waals surface area contributed by atoms with Crippen molar-refractivity contribution in [3.8, 4) is 0 Å². The Kier molecular flexibility index (Phi) is 2.87. The summed E-state index contributed by atoms with van der Waals surface area (Å²) < 4.78 is 3.67. The number of aryl methyl sites for hydroxylation is 3. The molecule has 2 unspecified atom stereocenters. The van der Waals surface area contributed by atoms with E-state index in [0.29, 0.717) is 5.56 Å². The lowest BCUT2D eigenvalue weighted by Gasteiger charge is -2.36. The van der Waals surface area contributed by atoms with Crippen LogP contribution < -0.4 is 0 Å². The molecule has 7 nitrogen and oxygen atoms in total. The topological polar surface area (TPSA) is 68.3 Å². The fourth-order valence-corrected chi connectivity index (χ4v) is 4.46. The molecule has 2 atom stereocenters. The van der Waals surface area contributed by atoms with Crippen LogP contribution >= 0.6 is 0 Å². The van der Waals surface area contributed by atoms with Crippen LogP contribution in [-0.4, -0.2) is 41.2 Å². The summed E-state index contributed by atoms with van der Waals surface area (Å²) in [4.78, 5) is 19.8. The average molecular weight is 336 g/mol. The average Bonchev–Trinajstić information content (AvgIpc) is 3.21. The number of carbonyl (C=O) groups excluding carboxylic acids is 1. The molecule has 5 rings (SSSR count). The predicted molar refractivity (Wildman–Crippen MR) is 91.3 cm³/mol. The van der Waals surface area contributed by atoms with Gasteiger partial charge in [-0.15, -0.1) is 0 Å². The maximum Gasteiger partial charge on any atom is 0.258 e. The molecule has 0 aliphatic carbocycles. The van der Waals surface area contributed by atoms with E-state index in [0.717, 1.165) is 41.9 Å². The van der Waals surface area contributed by atoms with Gasteiger partial charge in [-0.05, 0) is 26.7 Å². The van der Waals surface area contributed by atoms with Crippen LogP contribution in [0.2, 0.25) is 0 Å². The zero-order valence-electron chi connectivity index (χ0n) is 14.6. The third-order valence-corrected chi connectivity index (χ3v) is 5.51. The van der Waals surface area contributed by atoms with E-state index in [1.807, 2.05) is 43.9 Å². The van der Waals surface area contributed by atoms with E-state index in [2.05, 4.69) is 20.1 Å². The summed E-state index contributed by atoms with van der Waals surface area (Å²) in [6.07, 6.45) is 6.60. The Labute approximate surface area is 145 Å². The molecule has 3 aromatic heterocycles. The fraction of sp³-hybridized carbons (Fsp3) is 0.444. The van der Waals surface area contributed by atoms with E-state index >= 15 is 0 Å². The molecule has 0 saturated carbocycles. The maximum atomic E-state index is 13.2. The molecular formula is C18H20N6O. The SMILES string of the molecule is Cc1cc2ncc3c(n2n1)CC1CCC3N1C(=O)c1cn(C)nc1C. The monoisotopic (exact) mass is 336 g/mol. The first-order chi connectivity index (χ1) is 12.0. The van der Waals surface area contributed by atoms with Crippen molar-refractivity contribution in [3.05, 3.63) is 46.7 Å². The molecule has 0 radical (unpaired) electrons. The van der Waals surface area contributed by atoms with E-state index in [1.165, 1.54) is 5.69 Å². The smallest absolute Gasteiger partial charge is 0.258 e. The van der Waals surface area contributed by atoms with Crippen molar-refractivity contribution in [1.82, 2.24) is 29.3 Å². The van der Waals surface area contributed by atoms with E-state index in [4.69, 9.17) is 0 Å². The van der Waals surface area contributed by atoms with E-state index < -0.39 is 0 Å². The lowest BCUT2D eigenvalue weighted by molar-refractivity contribution is 0.0642. The van der Waals surface area contributed by atoms with Crippen molar-refractivity contribution in [2.45, 2.75) is 45.2 Å². The van der Waals surface area contributed by atoms with Crippen LogP contribution in [0.4, 0.5) is 0 Å². The predicted octanol–water partition coefficient (Wildman–Crippen LogP) is 1.98. The Balaban J connectivity index is 1.60. The summed E-state index contributed by atoms with van der Waals surface area (Å²) in [7, 11) is 1.85. The largest absolute Gasteiger partial charge is 0.328 e. The van der Waals surface area contributed by atoms with E-state index in [-0.39, 0.29) is 18.0 Å². The molecule has 0 aromatic carbocycles. The number of aromatic nitrogens is 5. The summed E-state index contributed by atoms with van der Waals surface area (Å²) in [6, 6.07) is 2.31. The van der Waals surface area contributed by atoms with Gasteiger partial charge in [0.05, 0.1) is 28.7 Å². The fourth-order valence-electron chi connectivity index (χ4n) is 4.46. The molecule has 25 heavy (non-hydrogen) atoms. The third-order valence-electron chi connectivity index (χ3n) is 5.51. The number of hydrogen-bond acceptors (Lipinski definition) is 4. The molecule has 128 valence electrons. The summed E-state index contributed by atoms with van der Waals surface area (Å²) >= 11 is 0. The second kappa shape index (κ2) is 4.91. The van der Waals surface area contributed by atoms with E-state index in [1.54, 1.807) is 4.68 Å². The zero-order valence-corrected chi connectivity index (χ0v) is 14.6. The van der Waals surface area contributed by atoms with Gasteiger partial charge in [0, 0.05) is 43.5 Å². The highest BCUT2D eigenvalue weighted by atomic mass is 16.2. The highest BCUT2D eigenvalue weighted by Crippen LogP contribution is 2.44. The van der Waals surface area contributed by atoms with Crippen molar-refractivity contribution in [1.29, 1.82) is 0 Å².